The van der Waals surface area contributed by atoms with Crippen molar-refractivity contribution in [3.8, 4) is 0 Å². The monoisotopic (exact) mass is 297 g/mol. The maximum absolute atomic E-state index is 10.8. The first-order chi connectivity index (χ1) is 10.5. The third-order valence-corrected chi connectivity index (χ3v) is 7.83. The van der Waals surface area contributed by atoms with Gasteiger partial charge >= 0.3 is 0 Å². The van der Waals surface area contributed by atoms with E-state index >= 15 is 0 Å². The number of hydrogen-bond acceptors (Lipinski definition) is 2. The lowest BCUT2D eigenvalue weighted by molar-refractivity contribution is -0.00852. The quantitative estimate of drug-likeness (QED) is 0.587. The Hall–Kier alpha value is -1.18. The molecule has 1 aromatic carbocycles. The van der Waals surface area contributed by atoms with E-state index in [1.807, 2.05) is 12.1 Å². The Morgan fingerprint density at radius 1 is 1.09 bits per heavy atom. The zero-order valence-corrected chi connectivity index (χ0v) is 14.1. The van der Waals surface area contributed by atoms with E-state index in [1.54, 1.807) is 0 Å². The lowest BCUT2D eigenvalue weighted by Crippen LogP contribution is -2.45. The molecule has 0 saturated heterocycles. The van der Waals surface area contributed by atoms with Gasteiger partial charge in [-0.15, -0.1) is 4.91 Å². The summed E-state index contributed by atoms with van der Waals surface area (Å²) < 4.78 is 0. The van der Waals surface area contributed by atoms with Crippen LogP contribution >= 0.6 is 0 Å². The Labute approximate surface area is 133 Å². The van der Waals surface area contributed by atoms with Crippen molar-refractivity contribution >= 4 is 5.69 Å². The second kappa shape index (κ2) is 4.66. The number of nitroso groups, excluding NO2 is 1. The number of rotatable bonds is 1. The summed E-state index contributed by atoms with van der Waals surface area (Å²) in [6.45, 7) is 7.55. The molecule has 3 aliphatic carbocycles. The number of benzene rings is 1. The standard InChI is InChI=1S/C20H27NO/c1-19(2)10-9-18-17-6-4-13-12-14(21-22)5-7-15(13)16(17)8-11-20(18,19)3/h5,7,12,16-18H,4,6,8-11H2,1-3H3/t16?,17?,18?,20-/m0/s1. The van der Waals surface area contributed by atoms with Gasteiger partial charge < -0.3 is 0 Å². The summed E-state index contributed by atoms with van der Waals surface area (Å²) in [6.07, 6.45) is 7.91. The van der Waals surface area contributed by atoms with E-state index < -0.39 is 0 Å². The molecule has 0 bridgehead atoms. The smallest absolute Gasteiger partial charge is 0.108 e. The predicted molar refractivity (Wildman–Crippen MR) is 90.3 cm³/mol. The van der Waals surface area contributed by atoms with Gasteiger partial charge in [0.15, 0.2) is 0 Å². The maximum Gasteiger partial charge on any atom is 0.108 e. The fourth-order valence-corrected chi connectivity index (χ4v) is 6.12. The highest BCUT2D eigenvalue weighted by Gasteiger charge is 2.57. The highest BCUT2D eigenvalue weighted by Crippen LogP contribution is 2.67. The van der Waals surface area contributed by atoms with E-state index in [1.165, 1.54) is 43.2 Å². The van der Waals surface area contributed by atoms with Gasteiger partial charge in [0.05, 0.1) is 0 Å². The lowest BCUT2D eigenvalue weighted by atomic mass is 9.51. The molecule has 0 aromatic heterocycles. The van der Waals surface area contributed by atoms with Crippen molar-refractivity contribution in [2.24, 2.45) is 27.8 Å². The number of fused-ring (bicyclic) bond motifs is 5. The van der Waals surface area contributed by atoms with Gasteiger partial charge in [-0.05, 0) is 95.5 Å². The van der Waals surface area contributed by atoms with Gasteiger partial charge in [-0.3, -0.25) is 0 Å². The molecule has 2 fully saturated rings. The Morgan fingerprint density at radius 2 is 1.91 bits per heavy atom. The zero-order chi connectivity index (χ0) is 15.5. The van der Waals surface area contributed by atoms with Crippen LogP contribution in [0, 0.1) is 27.6 Å². The molecule has 3 unspecified atom stereocenters. The van der Waals surface area contributed by atoms with E-state index in [4.69, 9.17) is 0 Å². The van der Waals surface area contributed by atoms with E-state index in [0.29, 0.717) is 16.5 Å². The minimum atomic E-state index is 0.494. The third-order valence-electron chi connectivity index (χ3n) is 7.83. The summed E-state index contributed by atoms with van der Waals surface area (Å²) >= 11 is 0. The Bertz CT molecular complexity index is 620. The van der Waals surface area contributed by atoms with Gasteiger partial charge in [0.2, 0.25) is 0 Å². The van der Waals surface area contributed by atoms with Crippen LogP contribution in [-0.2, 0) is 6.42 Å². The molecule has 22 heavy (non-hydrogen) atoms. The molecule has 0 radical (unpaired) electrons. The van der Waals surface area contributed by atoms with Crippen LogP contribution in [0.25, 0.3) is 0 Å². The summed E-state index contributed by atoms with van der Waals surface area (Å²) in [5, 5.41) is 3.12. The van der Waals surface area contributed by atoms with Crippen LogP contribution in [0.2, 0.25) is 0 Å². The van der Waals surface area contributed by atoms with Crippen LogP contribution in [0.15, 0.2) is 23.4 Å². The average Bonchev–Trinajstić information content (AvgIpc) is 2.76. The van der Waals surface area contributed by atoms with E-state index in [-0.39, 0.29) is 0 Å². The topological polar surface area (TPSA) is 29.4 Å². The van der Waals surface area contributed by atoms with Crippen LogP contribution < -0.4 is 0 Å². The second-order valence-corrected chi connectivity index (χ2v) is 8.77. The molecule has 1 aromatic rings. The number of nitrogens with zero attached hydrogens (tertiary/aromatic N) is 1. The highest BCUT2D eigenvalue weighted by molar-refractivity contribution is 5.47. The van der Waals surface area contributed by atoms with Crippen LogP contribution in [0.3, 0.4) is 0 Å². The summed E-state index contributed by atoms with van der Waals surface area (Å²) in [5.41, 5.74) is 4.53. The van der Waals surface area contributed by atoms with E-state index in [0.717, 1.165) is 24.2 Å². The first-order valence-electron chi connectivity index (χ1n) is 8.92. The van der Waals surface area contributed by atoms with Gasteiger partial charge in [0.1, 0.15) is 5.69 Å². The van der Waals surface area contributed by atoms with Crippen molar-refractivity contribution in [1.29, 1.82) is 0 Å². The van der Waals surface area contributed by atoms with Crippen molar-refractivity contribution in [3.63, 3.8) is 0 Å². The Balaban J connectivity index is 1.71. The molecule has 0 heterocycles. The van der Waals surface area contributed by atoms with Crippen LogP contribution in [0.4, 0.5) is 5.69 Å². The molecule has 0 aliphatic heterocycles. The molecule has 2 heteroatoms. The minimum Gasteiger partial charge on any atom is -0.145 e. The van der Waals surface area contributed by atoms with Gasteiger partial charge in [0, 0.05) is 0 Å². The highest BCUT2D eigenvalue weighted by atomic mass is 16.3. The first-order valence-corrected chi connectivity index (χ1v) is 8.92. The van der Waals surface area contributed by atoms with Gasteiger partial charge in [-0.25, -0.2) is 0 Å². The van der Waals surface area contributed by atoms with Crippen molar-refractivity contribution in [2.45, 2.75) is 65.2 Å². The van der Waals surface area contributed by atoms with Gasteiger partial charge in [-0.1, -0.05) is 26.8 Å². The summed E-state index contributed by atoms with van der Waals surface area (Å²) in [5.74, 6) is 2.46. The lowest BCUT2D eigenvalue weighted by Gasteiger charge is -2.53. The fourth-order valence-electron chi connectivity index (χ4n) is 6.12. The molecule has 118 valence electrons. The molecule has 3 aliphatic rings. The first kappa shape index (κ1) is 14.4. The number of hydrogen-bond donors (Lipinski definition) is 0. The maximum atomic E-state index is 10.8. The second-order valence-electron chi connectivity index (χ2n) is 8.77. The SMILES string of the molecule is CC1(C)CCC2C3CCc4cc(N=O)ccc4C3CC[C@@]21C. The molecule has 2 nitrogen and oxygen atoms in total. The van der Waals surface area contributed by atoms with Crippen LogP contribution in [0.5, 0.6) is 0 Å². The molecule has 0 spiro atoms. The normalized spacial score (nSPS) is 38.8. The molecule has 2 saturated carbocycles. The summed E-state index contributed by atoms with van der Waals surface area (Å²) in [6, 6.07) is 6.15. The molecule has 0 N–H and O–H groups in total. The van der Waals surface area contributed by atoms with E-state index in [9.17, 15) is 4.91 Å². The zero-order valence-electron chi connectivity index (χ0n) is 14.1. The predicted octanol–water partition coefficient (Wildman–Crippen LogP) is 5.97. The fraction of sp³-hybridized carbons (Fsp3) is 0.700. The molecular formula is C20H27NO. The molecular weight excluding hydrogens is 270 g/mol. The Morgan fingerprint density at radius 3 is 2.68 bits per heavy atom. The Kier molecular flexibility index (Phi) is 3.05. The van der Waals surface area contributed by atoms with Crippen molar-refractivity contribution < 1.29 is 0 Å². The van der Waals surface area contributed by atoms with Crippen molar-refractivity contribution in [1.82, 2.24) is 0 Å². The van der Waals surface area contributed by atoms with Gasteiger partial charge in [-0.2, -0.15) is 0 Å². The van der Waals surface area contributed by atoms with Gasteiger partial charge in [0.25, 0.3) is 0 Å². The molecule has 4 atom stereocenters. The number of aryl methyl sites for hydroxylation is 1. The third kappa shape index (κ3) is 1.79. The summed E-state index contributed by atoms with van der Waals surface area (Å²) in [7, 11) is 0. The average molecular weight is 297 g/mol. The minimum absolute atomic E-state index is 0.494. The van der Waals surface area contributed by atoms with Crippen molar-refractivity contribution in [2.75, 3.05) is 0 Å². The van der Waals surface area contributed by atoms with E-state index in [2.05, 4.69) is 32.0 Å². The molecule has 0 amide bonds. The summed E-state index contributed by atoms with van der Waals surface area (Å²) in [4.78, 5) is 10.8. The van der Waals surface area contributed by atoms with Crippen molar-refractivity contribution in [3.05, 3.63) is 34.2 Å². The van der Waals surface area contributed by atoms with Crippen LogP contribution in [-0.4, -0.2) is 0 Å². The molecule has 4 rings (SSSR count). The van der Waals surface area contributed by atoms with Crippen LogP contribution in [0.1, 0.15) is 69.9 Å². The largest absolute Gasteiger partial charge is 0.145 e.